The van der Waals surface area contributed by atoms with Crippen LogP contribution >= 0.6 is 0 Å². The number of fused-ring (bicyclic) bond motifs is 1. The van der Waals surface area contributed by atoms with E-state index in [4.69, 9.17) is 9.84 Å². The molecule has 3 rings (SSSR count). The highest BCUT2D eigenvalue weighted by molar-refractivity contribution is 6.17. The minimum Gasteiger partial charge on any atom is -0.481 e. The molecule has 0 fully saturated rings. The van der Waals surface area contributed by atoms with Crippen LogP contribution in [0.5, 0.6) is 5.75 Å². The molecule has 116 valence electrons. The lowest BCUT2D eigenvalue weighted by molar-refractivity contribution is -0.138. The summed E-state index contributed by atoms with van der Waals surface area (Å²) in [6, 6.07) is 13.3. The van der Waals surface area contributed by atoms with Crippen molar-refractivity contribution in [1.29, 1.82) is 0 Å². The second-order valence-corrected chi connectivity index (χ2v) is 5.44. The highest BCUT2D eigenvalue weighted by atomic mass is 16.5. The maximum absolute atomic E-state index is 12.6. The van der Waals surface area contributed by atoms with Gasteiger partial charge in [-0.15, -0.1) is 0 Å². The van der Waals surface area contributed by atoms with Crippen molar-refractivity contribution in [2.24, 2.45) is 0 Å². The summed E-state index contributed by atoms with van der Waals surface area (Å²) in [5, 5.41) is 9.06. The van der Waals surface area contributed by atoms with Gasteiger partial charge in [0.2, 0.25) is 0 Å². The van der Waals surface area contributed by atoms with Crippen LogP contribution in [0.25, 0.3) is 0 Å². The Labute approximate surface area is 132 Å². The smallest absolute Gasteiger partial charge is 0.326 e. The fourth-order valence-corrected chi connectivity index (χ4v) is 2.60. The molecule has 5 nitrogen and oxygen atoms in total. The molecule has 0 radical (unpaired) electrons. The van der Waals surface area contributed by atoms with Gasteiger partial charge in [0.15, 0.2) is 5.78 Å². The van der Waals surface area contributed by atoms with Gasteiger partial charge < -0.3 is 9.84 Å². The maximum Gasteiger partial charge on any atom is 0.326 e. The fourth-order valence-electron chi connectivity index (χ4n) is 2.60. The monoisotopic (exact) mass is 310 g/mol. The van der Waals surface area contributed by atoms with Crippen LogP contribution in [0.1, 0.15) is 40.2 Å². The molecular weight excluding hydrogens is 296 g/mol. The summed E-state index contributed by atoms with van der Waals surface area (Å²) in [7, 11) is 0. The van der Waals surface area contributed by atoms with Crippen molar-refractivity contribution < 1.29 is 24.2 Å². The molecule has 0 spiro atoms. The molecule has 2 atom stereocenters. The summed E-state index contributed by atoms with van der Waals surface area (Å²) in [6.45, 7) is 1.53. The summed E-state index contributed by atoms with van der Waals surface area (Å²) < 4.78 is 5.29. The second kappa shape index (κ2) is 5.68. The van der Waals surface area contributed by atoms with Gasteiger partial charge in [-0.25, -0.2) is 0 Å². The molecule has 1 aliphatic rings. The lowest BCUT2D eigenvalue weighted by Crippen LogP contribution is -2.31. The van der Waals surface area contributed by atoms with Crippen molar-refractivity contribution in [3.63, 3.8) is 0 Å². The van der Waals surface area contributed by atoms with Crippen molar-refractivity contribution in [1.82, 2.24) is 0 Å². The summed E-state index contributed by atoms with van der Waals surface area (Å²) in [6.07, 6.45) is 0. The first kappa shape index (κ1) is 15.0. The average Bonchev–Trinajstić information content (AvgIpc) is 2.54. The van der Waals surface area contributed by atoms with Crippen LogP contribution in [0.4, 0.5) is 0 Å². The molecule has 0 aliphatic carbocycles. The Bertz CT molecular complexity index is 794. The Balaban J connectivity index is 2.01. The number of ketones is 1. The molecule has 1 heterocycles. The van der Waals surface area contributed by atoms with Crippen LogP contribution in [0, 0.1) is 0 Å². The minimum atomic E-state index is -0.986. The molecule has 0 amide bonds. The number of carboxylic acids is 1. The number of ether oxygens (including phenoxy) is 1. The van der Waals surface area contributed by atoms with Crippen LogP contribution in [-0.2, 0) is 9.59 Å². The third-order valence-corrected chi connectivity index (χ3v) is 3.98. The van der Waals surface area contributed by atoms with Crippen LogP contribution in [0.3, 0.4) is 0 Å². The summed E-state index contributed by atoms with van der Waals surface area (Å²) >= 11 is 0. The molecule has 0 saturated carbocycles. The molecule has 1 aliphatic heterocycles. The van der Waals surface area contributed by atoms with E-state index >= 15 is 0 Å². The van der Waals surface area contributed by atoms with E-state index < -0.39 is 23.8 Å². The minimum absolute atomic E-state index is 0.123. The Morgan fingerprint density at radius 3 is 2.48 bits per heavy atom. The molecule has 2 aromatic rings. The zero-order valence-corrected chi connectivity index (χ0v) is 12.4. The first-order chi connectivity index (χ1) is 11.0. The zero-order valence-electron chi connectivity index (χ0n) is 12.4. The van der Waals surface area contributed by atoms with E-state index in [-0.39, 0.29) is 11.5 Å². The van der Waals surface area contributed by atoms with Crippen molar-refractivity contribution in [2.75, 3.05) is 0 Å². The van der Waals surface area contributed by atoms with Gasteiger partial charge in [0.1, 0.15) is 11.7 Å². The average molecular weight is 310 g/mol. The number of aliphatic carboxylic acids is 1. The number of carbonyl (C=O) groups is 3. The number of benzene rings is 2. The number of hydrogen-bond acceptors (Lipinski definition) is 4. The predicted molar refractivity (Wildman–Crippen MR) is 81.6 cm³/mol. The largest absolute Gasteiger partial charge is 0.481 e. The topological polar surface area (TPSA) is 80.7 Å². The summed E-state index contributed by atoms with van der Waals surface area (Å²) in [4.78, 5) is 35.9. The van der Waals surface area contributed by atoms with Crippen LogP contribution in [0.15, 0.2) is 48.5 Å². The van der Waals surface area contributed by atoms with Crippen molar-refractivity contribution in [2.45, 2.75) is 18.8 Å². The summed E-state index contributed by atoms with van der Waals surface area (Å²) in [5.41, 5.74) is 1.35. The predicted octanol–water partition coefficient (Wildman–Crippen LogP) is 2.76. The van der Waals surface area contributed by atoms with Crippen molar-refractivity contribution in [3.05, 3.63) is 65.2 Å². The quantitative estimate of drug-likeness (QED) is 0.535. The van der Waals surface area contributed by atoms with Crippen LogP contribution in [0.2, 0.25) is 0 Å². The van der Waals surface area contributed by atoms with Crippen molar-refractivity contribution >= 4 is 17.7 Å². The molecule has 5 heteroatoms. The second-order valence-electron chi connectivity index (χ2n) is 5.44. The van der Waals surface area contributed by atoms with E-state index in [1.54, 1.807) is 36.4 Å². The molecule has 23 heavy (non-hydrogen) atoms. The van der Waals surface area contributed by atoms with Crippen LogP contribution < -0.4 is 4.74 Å². The molecule has 1 N–H and O–H groups in total. The van der Waals surface area contributed by atoms with E-state index in [0.717, 1.165) is 0 Å². The number of rotatable bonds is 3. The first-order valence-electron chi connectivity index (χ1n) is 7.16. The molecule has 2 aromatic carbocycles. The normalized spacial score (nSPS) is 18.0. The third-order valence-electron chi connectivity index (χ3n) is 3.98. The zero-order chi connectivity index (χ0) is 16.6. The third kappa shape index (κ3) is 2.61. The van der Waals surface area contributed by atoms with Gasteiger partial charge in [0.25, 0.3) is 0 Å². The van der Waals surface area contributed by atoms with Gasteiger partial charge in [-0.05, 0) is 30.2 Å². The summed E-state index contributed by atoms with van der Waals surface area (Å²) in [5.74, 6) is -3.57. The van der Waals surface area contributed by atoms with Crippen molar-refractivity contribution in [3.8, 4) is 5.75 Å². The fraction of sp³-hybridized carbons (Fsp3) is 0.167. The highest BCUT2D eigenvalue weighted by Gasteiger charge is 2.37. The number of Topliss-reactive ketones (excluding diaryl/α,β-unsaturated/α-hetero) is 1. The Hall–Kier alpha value is -2.95. The Morgan fingerprint density at radius 2 is 1.83 bits per heavy atom. The molecule has 0 saturated heterocycles. The standard InChI is InChI=1S/C18H14O5/c1-10(17(20)21)12-7-8-13-14(9-12)23-18(22)15(16(13)19)11-5-3-2-4-6-11/h2-10,15H,1H3,(H,20,21). The van der Waals surface area contributed by atoms with Crippen LogP contribution in [-0.4, -0.2) is 22.8 Å². The molecular formula is C18H14O5. The maximum atomic E-state index is 12.6. The van der Waals surface area contributed by atoms with E-state index in [0.29, 0.717) is 16.7 Å². The van der Waals surface area contributed by atoms with E-state index in [9.17, 15) is 14.4 Å². The van der Waals surface area contributed by atoms with E-state index in [2.05, 4.69) is 0 Å². The number of carbonyl (C=O) groups excluding carboxylic acids is 2. The first-order valence-corrected chi connectivity index (χ1v) is 7.16. The van der Waals surface area contributed by atoms with Gasteiger partial charge in [0, 0.05) is 0 Å². The van der Waals surface area contributed by atoms with Gasteiger partial charge >= 0.3 is 11.9 Å². The molecule has 2 unspecified atom stereocenters. The SMILES string of the molecule is CC(C(=O)O)c1ccc2c(c1)OC(=O)C(c1ccccc1)C2=O. The van der Waals surface area contributed by atoms with E-state index in [1.807, 2.05) is 0 Å². The number of hydrogen-bond donors (Lipinski definition) is 1. The molecule has 0 bridgehead atoms. The van der Waals surface area contributed by atoms with Gasteiger partial charge in [-0.3, -0.25) is 14.4 Å². The highest BCUT2D eigenvalue weighted by Crippen LogP contribution is 2.35. The number of carboxylic acid groups (broad SMARTS) is 1. The Morgan fingerprint density at radius 1 is 1.13 bits per heavy atom. The van der Waals surface area contributed by atoms with Gasteiger partial charge in [-0.1, -0.05) is 36.4 Å². The molecule has 0 aromatic heterocycles. The Kier molecular flexibility index (Phi) is 3.70. The van der Waals surface area contributed by atoms with Gasteiger partial charge in [-0.2, -0.15) is 0 Å². The lowest BCUT2D eigenvalue weighted by Gasteiger charge is -2.23. The van der Waals surface area contributed by atoms with E-state index in [1.165, 1.54) is 19.1 Å². The lowest BCUT2D eigenvalue weighted by atomic mass is 9.87. The number of esters is 1. The van der Waals surface area contributed by atoms with Gasteiger partial charge in [0.05, 0.1) is 11.5 Å².